The molecule has 1 aromatic carbocycles. The van der Waals surface area contributed by atoms with Crippen molar-refractivity contribution in [3.8, 4) is 0 Å². The van der Waals surface area contributed by atoms with Gasteiger partial charge in [-0.1, -0.05) is 38.5 Å². The number of aliphatic carboxylic acids is 1. The maximum atomic E-state index is 13.0. The molecule has 0 spiro atoms. The van der Waals surface area contributed by atoms with Crippen molar-refractivity contribution >= 4 is 34.6 Å². The number of para-hydroxylation sites is 1. The van der Waals surface area contributed by atoms with Crippen molar-refractivity contribution < 1.29 is 24.3 Å². The van der Waals surface area contributed by atoms with Crippen LogP contribution in [0.1, 0.15) is 38.7 Å². The summed E-state index contributed by atoms with van der Waals surface area (Å²) in [4.78, 5) is 52.7. The van der Waals surface area contributed by atoms with Crippen LogP contribution < -0.4 is 21.3 Å². The monoisotopic (exact) mass is 471 g/mol. The Morgan fingerprint density at radius 1 is 1.18 bits per heavy atom. The summed E-state index contributed by atoms with van der Waals surface area (Å²) >= 11 is 0. The third kappa shape index (κ3) is 6.34. The third-order valence-corrected chi connectivity index (χ3v) is 6.33. The van der Waals surface area contributed by atoms with Crippen molar-refractivity contribution in [2.24, 2.45) is 5.92 Å². The molecule has 1 aliphatic rings. The highest BCUT2D eigenvalue weighted by atomic mass is 16.4. The van der Waals surface area contributed by atoms with Gasteiger partial charge >= 0.3 is 5.97 Å². The molecular formula is C24H33N5O5. The molecule has 1 aromatic heterocycles. The van der Waals surface area contributed by atoms with Crippen molar-refractivity contribution in [2.45, 2.75) is 57.7 Å². The van der Waals surface area contributed by atoms with E-state index in [1.165, 1.54) is 0 Å². The maximum Gasteiger partial charge on any atom is 0.326 e. The molecule has 2 aromatic rings. The van der Waals surface area contributed by atoms with Crippen LogP contribution in [0.4, 0.5) is 0 Å². The predicted molar refractivity (Wildman–Crippen MR) is 127 cm³/mol. The average molecular weight is 472 g/mol. The first-order valence-electron chi connectivity index (χ1n) is 11.7. The number of rotatable bonds is 11. The highest BCUT2D eigenvalue weighted by Gasteiger charge is 2.29. The van der Waals surface area contributed by atoms with E-state index >= 15 is 0 Å². The number of amides is 3. The number of carboxylic acids is 1. The van der Waals surface area contributed by atoms with Crippen molar-refractivity contribution in [3.63, 3.8) is 0 Å². The lowest BCUT2D eigenvalue weighted by Crippen LogP contribution is -2.54. The van der Waals surface area contributed by atoms with E-state index in [4.69, 9.17) is 0 Å². The second-order valence-electron chi connectivity index (χ2n) is 8.76. The van der Waals surface area contributed by atoms with Crippen molar-refractivity contribution in [1.29, 1.82) is 0 Å². The number of H-pyrrole nitrogens is 1. The molecule has 1 saturated heterocycles. The van der Waals surface area contributed by atoms with Gasteiger partial charge < -0.3 is 31.4 Å². The van der Waals surface area contributed by atoms with E-state index < -0.39 is 29.9 Å². The van der Waals surface area contributed by atoms with E-state index in [0.717, 1.165) is 29.4 Å². The predicted octanol–water partition coefficient (Wildman–Crippen LogP) is 0.679. The van der Waals surface area contributed by atoms with Crippen LogP contribution in [0.15, 0.2) is 30.5 Å². The molecular weight excluding hydrogens is 438 g/mol. The smallest absolute Gasteiger partial charge is 0.326 e. The number of benzene rings is 1. The highest BCUT2D eigenvalue weighted by Crippen LogP contribution is 2.19. The summed E-state index contributed by atoms with van der Waals surface area (Å²) in [7, 11) is 0. The Bertz CT molecular complexity index is 1030. The van der Waals surface area contributed by atoms with Crippen molar-refractivity contribution in [1.82, 2.24) is 26.3 Å². The number of carbonyl (C=O) groups is 4. The van der Waals surface area contributed by atoms with E-state index in [9.17, 15) is 24.3 Å². The summed E-state index contributed by atoms with van der Waals surface area (Å²) in [5.74, 6) is -2.75. The lowest BCUT2D eigenvalue weighted by Gasteiger charge is -2.22. The van der Waals surface area contributed by atoms with E-state index in [-0.39, 0.29) is 30.8 Å². The molecule has 4 atom stereocenters. The maximum absolute atomic E-state index is 13.0. The van der Waals surface area contributed by atoms with Gasteiger partial charge in [0.15, 0.2) is 0 Å². The van der Waals surface area contributed by atoms with Gasteiger partial charge in [-0.05, 0) is 36.9 Å². The quantitative estimate of drug-likeness (QED) is 0.283. The molecule has 2 heterocycles. The summed E-state index contributed by atoms with van der Waals surface area (Å²) in [5, 5.41) is 21.3. The van der Waals surface area contributed by atoms with Crippen LogP contribution >= 0.6 is 0 Å². The second kappa shape index (κ2) is 11.6. The van der Waals surface area contributed by atoms with Crippen LogP contribution in [0, 0.1) is 5.92 Å². The topological polar surface area (TPSA) is 152 Å². The van der Waals surface area contributed by atoms with Gasteiger partial charge in [0.2, 0.25) is 17.7 Å². The van der Waals surface area contributed by atoms with Crippen LogP contribution in [-0.4, -0.2) is 65.0 Å². The van der Waals surface area contributed by atoms with E-state index in [1.54, 1.807) is 13.1 Å². The molecule has 10 heteroatoms. The lowest BCUT2D eigenvalue weighted by molar-refractivity contribution is -0.143. The minimum atomic E-state index is -1.12. The minimum Gasteiger partial charge on any atom is -0.480 e. The van der Waals surface area contributed by atoms with Crippen LogP contribution in [0.2, 0.25) is 0 Å². The van der Waals surface area contributed by atoms with E-state index in [1.807, 2.05) is 31.2 Å². The first-order chi connectivity index (χ1) is 16.3. The van der Waals surface area contributed by atoms with E-state index in [0.29, 0.717) is 12.8 Å². The Hall–Kier alpha value is -3.40. The normalized spacial score (nSPS) is 18.1. The zero-order valence-electron chi connectivity index (χ0n) is 19.5. The summed E-state index contributed by atoms with van der Waals surface area (Å²) in [6.07, 6.45) is 4.21. The van der Waals surface area contributed by atoms with Gasteiger partial charge in [0.25, 0.3) is 0 Å². The molecule has 0 saturated carbocycles. The van der Waals surface area contributed by atoms with E-state index in [2.05, 4.69) is 26.3 Å². The van der Waals surface area contributed by atoms with Crippen molar-refractivity contribution in [2.75, 3.05) is 13.1 Å². The number of hydrogen-bond donors (Lipinski definition) is 6. The molecule has 3 amide bonds. The van der Waals surface area contributed by atoms with Gasteiger partial charge in [0, 0.05) is 23.5 Å². The summed E-state index contributed by atoms with van der Waals surface area (Å²) in [6, 6.07) is 5.38. The van der Waals surface area contributed by atoms with Gasteiger partial charge in [0.05, 0.1) is 12.6 Å². The zero-order chi connectivity index (χ0) is 24.7. The Balaban J connectivity index is 1.67. The fraction of sp³-hybridized carbons (Fsp3) is 0.500. The molecule has 1 fully saturated rings. The molecule has 0 radical (unpaired) electrons. The first-order valence-corrected chi connectivity index (χ1v) is 11.7. The van der Waals surface area contributed by atoms with Gasteiger partial charge in [0.1, 0.15) is 12.1 Å². The first kappa shape index (κ1) is 25.2. The molecule has 184 valence electrons. The zero-order valence-corrected chi connectivity index (χ0v) is 19.5. The Morgan fingerprint density at radius 2 is 1.94 bits per heavy atom. The van der Waals surface area contributed by atoms with Gasteiger partial charge in [-0.25, -0.2) is 4.79 Å². The lowest BCUT2D eigenvalue weighted by atomic mass is 9.99. The summed E-state index contributed by atoms with van der Waals surface area (Å²) in [5.41, 5.74) is 1.78. The number of carboxylic acid groups (broad SMARTS) is 1. The van der Waals surface area contributed by atoms with Gasteiger partial charge in [-0.2, -0.15) is 0 Å². The number of hydrogen-bond acceptors (Lipinski definition) is 5. The molecule has 34 heavy (non-hydrogen) atoms. The van der Waals surface area contributed by atoms with Gasteiger partial charge in [-0.15, -0.1) is 0 Å². The minimum absolute atomic E-state index is 0.237. The van der Waals surface area contributed by atoms with Gasteiger partial charge in [-0.3, -0.25) is 14.4 Å². The highest BCUT2D eigenvalue weighted by molar-refractivity contribution is 5.93. The fourth-order valence-corrected chi connectivity index (χ4v) is 4.11. The second-order valence-corrected chi connectivity index (χ2v) is 8.76. The Morgan fingerprint density at radius 3 is 2.62 bits per heavy atom. The molecule has 0 bridgehead atoms. The Labute approximate surface area is 198 Å². The summed E-state index contributed by atoms with van der Waals surface area (Å²) < 4.78 is 0. The molecule has 10 nitrogen and oxygen atoms in total. The number of aromatic nitrogens is 1. The average Bonchev–Trinajstić information content (AvgIpc) is 3.50. The largest absolute Gasteiger partial charge is 0.480 e. The Kier molecular flexibility index (Phi) is 8.64. The third-order valence-electron chi connectivity index (χ3n) is 6.33. The fourth-order valence-electron chi connectivity index (χ4n) is 4.11. The molecule has 0 aliphatic carbocycles. The molecule has 3 rings (SSSR count). The standard InChI is InChI=1S/C24H33N5O5/c1-3-14(2)21(24(33)34)29-20(30)13-27-22(31)19(28-23(32)18-9-6-10-25-18)11-15-12-26-17-8-5-4-7-16(15)17/h4-5,7-8,12,14,18-19,21,25-26H,3,6,9-11,13H2,1-2H3,(H,27,31)(H,28,32)(H,29,30)(H,33,34). The van der Waals surface area contributed by atoms with Crippen molar-refractivity contribution in [3.05, 3.63) is 36.0 Å². The van der Waals surface area contributed by atoms with Crippen LogP contribution in [0.3, 0.4) is 0 Å². The van der Waals surface area contributed by atoms with Crippen LogP contribution in [0.25, 0.3) is 10.9 Å². The molecule has 6 N–H and O–H groups in total. The number of nitrogens with one attached hydrogen (secondary N) is 5. The number of aromatic amines is 1. The molecule has 4 unspecified atom stereocenters. The summed E-state index contributed by atoms with van der Waals surface area (Å²) in [6.45, 7) is 3.94. The van der Waals surface area contributed by atoms with Crippen LogP contribution in [-0.2, 0) is 25.6 Å². The number of fused-ring (bicyclic) bond motifs is 1. The van der Waals surface area contributed by atoms with Crippen LogP contribution in [0.5, 0.6) is 0 Å². The molecule has 1 aliphatic heterocycles. The number of carbonyl (C=O) groups excluding carboxylic acids is 3. The SMILES string of the molecule is CCC(C)C(NC(=O)CNC(=O)C(Cc1c[nH]c2ccccc12)NC(=O)C1CCCN1)C(=O)O.